The fraction of sp³-hybridized carbons (Fsp3) is 0.500. The molecule has 1 aromatic heterocycles. The molecule has 1 heterocycles. The van der Waals surface area contributed by atoms with E-state index in [1.165, 1.54) is 17.8 Å². The predicted molar refractivity (Wildman–Crippen MR) is 57.6 cm³/mol. The Kier molecular flexibility index (Phi) is 2.54. The molecule has 1 saturated carbocycles. The van der Waals surface area contributed by atoms with E-state index in [1.807, 2.05) is 6.92 Å². The van der Waals surface area contributed by atoms with Crippen LogP contribution in [0.4, 0.5) is 0 Å². The van der Waals surface area contributed by atoms with Crippen LogP contribution in [0.1, 0.15) is 46.0 Å². The first-order chi connectivity index (χ1) is 6.61. The van der Waals surface area contributed by atoms with Gasteiger partial charge in [0.05, 0.1) is 5.56 Å². The van der Waals surface area contributed by atoms with Gasteiger partial charge in [-0.15, -0.1) is 11.3 Å². The molecule has 0 atom stereocenters. The van der Waals surface area contributed by atoms with E-state index in [0.29, 0.717) is 15.8 Å². The van der Waals surface area contributed by atoms with Crippen molar-refractivity contribution in [3.05, 3.63) is 20.3 Å². The number of carboxylic acid groups (broad SMARTS) is 1. The molecule has 1 aromatic rings. The molecule has 0 bridgehead atoms. The zero-order chi connectivity index (χ0) is 10.3. The summed E-state index contributed by atoms with van der Waals surface area (Å²) in [5.41, 5.74) is 1.33. The molecule has 76 valence electrons. The van der Waals surface area contributed by atoms with Gasteiger partial charge in [-0.3, -0.25) is 0 Å². The van der Waals surface area contributed by atoms with Gasteiger partial charge in [-0.1, -0.05) is 18.0 Å². The first-order valence-corrected chi connectivity index (χ1v) is 5.82. The van der Waals surface area contributed by atoms with Gasteiger partial charge in [0.25, 0.3) is 0 Å². The SMILES string of the molecule is Cc1sc(Cl)c(C(=O)O)c1C1CCC1. The number of rotatable bonds is 2. The van der Waals surface area contributed by atoms with Crippen molar-refractivity contribution in [1.82, 2.24) is 0 Å². The number of halogens is 1. The lowest BCUT2D eigenvalue weighted by atomic mass is 9.78. The van der Waals surface area contributed by atoms with Gasteiger partial charge >= 0.3 is 5.97 Å². The highest BCUT2D eigenvalue weighted by atomic mass is 35.5. The quantitative estimate of drug-likeness (QED) is 0.842. The molecular weight excluding hydrogens is 220 g/mol. The van der Waals surface area contributed by atoms with Crippen LogP contribution in [0.5, 0.6) is 0 Å². The molecule has 0 spiro atoms. The van der Waals surface area contributed by atoms with Crippen molar-refractivity contribution in [3.8, 4) is 0 Å². The molecule has 0 aromatic carbocycles. The lowest BCUT2D eigenvalue weighted by molar-refractivity contribution is 0.0695. The summed E-state index contributed by atoms with van der Waals surface area (Å²) in [6.07, 6.45) is 3.42. The molecule has 0 amide bonds. The van der Waals surface area contributed by atoms with E-state index in [9.17, 15) is 4.79 Å². The van der Waals surface area contributed by atoms with Crippen LogP contribution in [0.2, 0.25) is 4.34 Å². The Hall–Kier alpha value is -0.540. The van der Waals surface area contributed by atoms with Crippen molar-refractivity contribution >= 4 is 28.9 Å². The Labute approximate surface area is 91.5 Å². The number of carboxylic acids is 1. The first-order valence-electron chi connectivity index (χ1n) is 4.63. The van der Waals surface area contributed by atoms with Gasteiger partial charge in [-0.05, 0) is 31.2 Å². The van der Waals surface area contributed by atoms with E-state index < -0.39 is 5.97 Å². The maximum Gasteiger partial charge on any atom is 0.338 e. The molecule has 1 N–H and O–H groups in total. The minimum atomic E-state index is -0.888. The second kappa shape index (κ2) is 3.55. The Bertz CT molecular complexity index is 380. The Morgan fingerprint density at radius 3 is 2.64 bits per heavy atom. The number of hydrogen-bond acceptors (Lipinski definition) is 2. The van der Waals surface area contributed by atoms with Crippen LogP contribution in [-0.4, -0.2) is 11.1 Å². The first kappa shape index (κ1) is 9.99. The third-order valence-electron chi connectivity index (χ3n) is 2.82. The maximum atomic E-state index is 11.0. The third-order valence-corrected chi connectivity index (χ3v) is 4.15. The standard InChI is InChI=1S/C10H11ClO2S/c1-5-7(6-3-2-4-6)8(10(12)13)9(11)14-5/h6H,2-4H2,1H3,(H,12,13). The molecule has 2 nitrogen and oxygen atoms in total. The van der Waals surface area contributed by atoms with Gasteiger partial charge < -0.3 is 5.11 Å². The predicted octanol–water partition coefficient (Wildman–Crippen LogP) is 3.68. The normalized spacial score (nSPS) is 16.7. The van der Waals surface area contributed by atoms with Gasteiger partial charge in [-0.2, -0.15) is 0 Å². The molecule has 1 aliphatic carbocycles. The smallest absolute Gasteiger partial charge is 0.338 e. The van der Waals surface area contributed by atoms with Crippen molar-refractivity contribution in [2.24, 2.45) is 0 Å². The van der Waals surface area contributed by atoms with Gasteiger partial charge in [0.1, 0.15) is 4.34 Å². The Morgan fingerprint density at radius 1 is 1.57 bits per heavy atom. The second-order valence-corrected chi connectivity index (χ2v) is 5.48. The summed E-state index contributed by atoms with van der Waals surface area (Å²) in [5, 5.41) is 9.05. The molecule has 0 unspecified atom stereocenters. The van der Waals surface area contributed by atoms with Crippen LogP contribution >= 0.6 is 22.9 Å². The van der Waals surface area contributed by atoms with Crippen molar-refractivity contribution in [2.45, 2.75) is 32.1 Å². The van der Waals surface area contributed by atoms with Crippen LogP contribution in [-0.2, 0) is 0 Å². The van der Waals surface area contributed by atoms with Crippen molar-refractivity contribution < 1.29 is 9.90 Å². The van der Waals surface area contributed by atoms with Crippen LogP contribution in [0.25, 0.3) is 0 Å². The molecule has 0 radical (unpaired) electrons. The summed E-state index contributed by atoms with van der Waals surface area (Å²) in [5.74, 6) is -0.453. The molecule has 14 heavy (non-hydrogen) atoms. The summed E-state index contributed by atoms with van der Waals surface area (Å²) >= 11 is 7.29. The highest BCUT2D eigenvalue weighted by Crippen LogP contribution is 2.45. The molecule has 4 heteroatoms. The highest BCUT2D eigenvalue weighted by Gasteiger charge is 2.29. The lowest BCUT2D eigenvalue weighted by Crippen LogP contribution is -2.13. The van der Waals surface area contributed by atoms with Crippen LogP contribution in [0.3, 0.4) is 0 Å². The third kappa shape index (κ3) is 1.44. The summed E-state index contributed by atoms with van der Waals surface area (Å²) in [6.45, 7) is 1.96. The molecule has 0 aliphatic heterocycles. The molecular formula is C10H11ClO2S. The minimum absolute atomic E-state index is 0.346. The van der Waals surface area contributed by atoms with Crippen molar-refractivity contribution in [2.75, 3.05) is 0 Å². The Morgan fingerprint density at radius 2 is 2.21 bits per heavy atom. The van der Waals surface area contributed by atoms with E-state index in [4.69, 9.17) is 16.7 Å². The fourth-order valence-corrected chi connectivity index (χ4v) is 3.39. The average molecular weight is 231 g/mol. The molecule has 1 fully saturated rings. The van der Waals surface area contributed by atoms with E-state index in [0.717, 1.165) is 23.3 Å². The zero-order valence-electron chi connectivity index (χ0n) is 7.84. The molecule has 0 saturated heterocycles. The maximum absolute atomic E-state index is 11.0. The van der Waals surface area contributed by atoms with Gasteiger partial charge in [-0.25, -0.2) is 4.79 Å². The summed E-state index contributed by atoms with van der Waals surface area (Å²) in [6, 6.07) is 0. The monoisotopic (exact) mass is 230 g/mol. The topological polar surface area (TPSA) is 37.3 Å². The number of hydrogen-bond donors (Lipinski definition) is 1. The second-order valence-electron chi connectivity index (χ2n) is 3.65. The summed E-state index contributed by atoms with van der Waals surface area (Å²) in [7, 11) is 0. The van der Waals surface area contributed by atoms with Gasteiger partial charge in [0.2, 0.25) is 0 Å². The number of carbonyl (C=O) groups is 1. The van der Waals surface area contributed by atoms with E-state index >= 15 is 0 Å². The minimum Gasteiger partial charge on any atom is -0.478 e. The van der Waals surface area contributed by atoms with Crippen molar-refractivity contribution in [3.63, 3.8) is 0 Å². The van der Waals surface area contributed by atoms with Crippen LogP contribution < -0.4 is 0 Å². The highest BCUT2D eigenvalue weighted by molar-refractivity contribution is 7.16. The molecule has 2 rings (SSSR count). The van der Waals surface area contributed by atoms with E-state index in [2.05, 4.69) is 0 Å². The summed E-state index contributed by atoms with van der Waals surface area (Å²) in [4.78, 5) is 12.1. The Balaban J connectivity index is 2.49. The van der Waals surface area contributed by atoms with Crippen molar-refractivity contribution in [1.29, 1.82) is 0 Å². The van der Waals surface area contributed by atoms with Crippen LogP contribution in [0.15, 0.2) is 0 Å². The number of thiophene rings is 1. The molecule has 1 aliphatic rings. The van der Waals surface area contributed by atoms with Gasteiger partial charge in [0.15, 0.2) is 0 Å². The lowest BCUT2D eigenvalue weighted by Gasteiger charge is -2.26. The fourth-order valence-electron chi connectivity index (χ4n) is 1.91. The number of aromatic carboxylic acids is 1. The van der Waals surface area contributed by atoms with E-state index in [1.54, 1.807) is 0 Å². The van der Waals surface area contributed by atoms with Crippen LogP contribution in [0, 0.1) is 6.92 Å². The largest absolute Gasteiger partial charge is 0.478 e. The zero-order valence-corrected chi connectivity index (χ0v) is 9.41. The average Bonchev–Trinajstić information content (AvgIpc) is 2.23. The van der Waals surface area contributed by atoms with Gasteiger partial charge in [0, 0.05) is 4.88 Å². The number of aryl methyl sites for hydroxylation is 1. The summed E-state index contributed by atoms with van der Waals surface area (Å²) < 4.78 is 0.428. The van der Waals surface area contributed by atoms with E-state index in [-0.39, 0.29) is 0 Å².